The van der Waals surface area contributed by atoms with Gasteiger partial charge in [-0.25, -0.2) is 0 Å². The largest absolute Gasteiger partial charge is 0.384 e. The second-order valence-electron chi connectivity index (χ2n) is 3.00. The Morgan fingerprint density at radius 2 is 2.29 bits per heavy atom. The van der Waals surface area contributed by atoms with Crippen molar-refractivity contribution in [2.24, 2.45) is 0 Å². The molecule has 0 N–H and O–H groups in total. The van der Waals surface area contributed by atoms with Crippen molar-refractivity contribution in [3.8, 4) is 6.07 Å². The Bertz CT molecular complexity index is 339. The van der Waals surface area contributed by atoms with Gasteiger partial charge in [-0.2, -0.15) is 5.26 Å². The molecule has 0 saturated heterocycles. The van der Waals surface area contributed by atoms with Crippen molar-refractivity contribution < 1.29 is 4.74 Å². The van der Waals surface area contributed by atoms with Crippen LogP contribution in [0.3, 0.4) is 0 Å². The molecule has 0 aromatic heterocycles. The van der Waals surface area contributed by atoms with Crippen LogP contribution < -0.4 is 0 Å². The number of nitrogens with zero attached hydrogens (tertiary/aromatic N) is 1. The SMILES string of the molecule is CCc1c(C#N)cccc1[CH]COC. The van der Waals surface area contributed by atoms with Gasteiger partial charge < -0.3 is 4.74 Å². The zero-order valence-electron chi connectivity index (χ0n) is 8.58. The van der Waals surface area contributed by atoms with Crippen molar-refractivity contribution in [2.75, 3.05) is 13.7 Å². The molecule has 0 fully saturated rings. The third kappa shape index (κ3) is 2.34. The predicted octanol–water partition coefficient (Wildman–Crippen LogP) is 2.32. The van der Waals surface area contributed by atoms with Gasteiger partial charge in [-0.15, -0.1) is 0 Å². The highest BCUT2D eigenvalue weighted by Crippen LogP contribution is 2.16. The average Bonchev–Trinajstić information content (AvgIpc) is 2.25. The van der Waals surface area contributed by atoms with E-state index in [2.05, 4.69) is 13.0 Å². The number of rotatable bonds is 4. The molecule has 1 radical (unpaired) electrons. The summed E-state index contributed by atoms with van der Waals surface area (Å²) in [6.45, 7) is 2.64. The number of ether oxygens (including phenoxy) is 1. The zero-order valence-corrected chi connectivity index (χ0v) is 8.58. The Morgan fingerprint density at radius 3 is 2.86 bits per heavy atom. The molecule has 0 spiro atoms. The predicted molar refractivity (Wildman–Crippen MR) is 55.8 cm³/mol. The van der Waals surface area contributed by atoms with E-state index in [4.69, 9.17) is 10.00 Å². The molecule has 0 amide bonds. The highest BCUT2D eigenvalue weighted by atomic mass is 16.5. The maximum Gasteiger partial charge on any atom is 0.0994 e. The van der Waals surface area contributed by atoms with Crippen LogP contribution in [-0.4, -0.2) is 13.7 Å². The molecular weight excluding hydrogens is 174 g/mol. The van der Waals surface area contributed by atoms with Crippen LogP contribution in [0, 0.1) is 17.8 Å². The highest BCUT2D eigenvalue weighted by molar-refractivity contribution is 5.45. The number of hydrogen-bond acceptors (Lipinski definition) is 2. The first-order chi connectivity index (χ1) is 6.83. The van der Waals surface area contributed by atoms with Gasteiger partial charge in [0.25, 0.3) is 0 Å². The molecule has 1 rings (SSSR count). The van der Waals surface area contributed by atoms with E-state index < -0.39 is 0 Å². The lowest BCUT2D eigenvalue weighted by Crippen LogP contribution is -1.98. The molecule has 1 aromatic rings. The van der Waals surface area contributed by atoms with Gasteiger partial charge >= 0.3 is 0 Å². The minimum atomic E-state index is 0.585. The van der Waals surface area contributed by atoms with E-state index in [1.807, 2.05) is 24.6 Å². The number of nitriles is 1. The van der Waals surface area contributed by atoms with Crippen LogP contribution in [0.25, 0.3) is 0 Å². The van der Waals surface area contributed by atoms with Crippen molar-refractivity contribution in [3.63, 3.8) is 0 Å². The van der Waals surface area contributed by atoms with Crippen LogP contribution in [0.2, 0.25) is 0 Å². The quantitative estimate of drug-likeness (QED) is 0.726. The lowest BCUT2D eigenvalue weighted by molar-refractivity contribution is 0.225. The summed E-state index contributed by atoms with van der Waals surface area (Å²) in [4.78, 5) is 0. The van der Waals surface area contributed by atoms with Crippen LogP contribution in [0.1, 0.15) is 23.6 Å². The summed E-state index contributed by atoms with van der Waals surface area (Å²) in [5.41, 5.74) is 2.97. The van der Waals surface area contributed by atoms with Crippen LogP contribution in [0.5, 0.6) is 0 Å². The fraction of sp³-hybridized carbons (Fsp3) is 0.333. The molecule has 0 aliphatic rings. The molecule has 2 nitrogen and oxygen atoms in total. The van der Waals surface area contributed by atoms with Gasteiger partial charge in [0, 0.05) is 13.5 Å². The Labute approximate surface area is 85.1 Å². The highest BCUT2D eigenvalue weighted by Gasteiger charge is 2.05. The fourth-order valence-electron chi connectivity index (χ4n) is 1.47. The molecule has 2 heteroatoms. The van der Waals surface area contributed by atoms with Crippen LogP contribution >= 0.6 is 0 Å². The van der Waals surface area contributed by atoms with E-state index in [9.17, 15) is 0 Å². The summed E-state index contributed by atoms with van der Waals surface area (Å²) in [5.74, 6) is 0. The number of hydrogen-bond donors (Lipinski definition) is 0. The Morgan fingerprint density at radius 1 is 1.50 bits per heavy atom. The molecule has 73 valence electrons. The van der Waals surface area contributed by atoms with Crippen molar-refractivity contribution >= 4 is 0 Å². The molecule has 0 saturated carbocycles. The third-order valence-corrected chi connectivity index (χ3v) is 2.16. The molecule has 0 bridgehead atoms. The summed E-state index contributed by atoms with van der Waals surface area (Å²) < 4.78 is 4.98. The van der Waals surface area contributed by atoms with Gasteiger partial charge in [0.1, 0.15) is 0 Å². The Hall–Kier alpha value is -1.33. The molecule has 0 unspecified atom stereocenters. The summed E-state index contributed by atoms with van der Waals surface area (Å²) in [6, 6.07) is 7.97. The van der Waals surface area contributed by atoms with Crippen LogP contribution in [0.4, 0.5) is 0 Å². The Kier molecular flexibility index (Phi) is 4.15. The van der Waals surface area contributed by atoms with Gasteiger partial charge in [-0.1, -0.05) is 19.1 Å². The summed E-state index contributed by atoms with van der Waals surface area (Å²) in [7, 11) is 1.66. The molecular formula is C12H14NO. The molecule has 0 atom stereocenters. The first-order valence-corrected chi connectivity index (χ1v) is 4.67. The maximum atomic E-state index is 8.90. The minimum Gasteiger partial charge on any atom is -0.384 e. The first kappa shape index (κ1) is 10.7. The lowest BCUT2D eigenvalue weighted by atomic mass is 9.98. The van der Waals surface area contributed by atoms with E-state index >= 15 is 0 Å². The van der Waals surface area contributed by atoms with Gasteiger partial charge in [0.2, 0.25) is 0 Å². The van der Waals surface area contributed by atoms with E-state index in [0.717, 1.165) is 23.1 Å². The first-order valence-electron chi connectivity index (χ1n) is 4.67. The monoisotopic (exact) mass is 188 g/mol. The van der Waals surface area contributed by atoms with Gasteiger partial charge in [0.15, 0.2) is 0 Å². The topological polar surface area (TPSA) is 33.0 Å². The van der Waals surface area contributed by atoms with Gasteiger partial charge in [-0.3, -0.25) is 0 Å². The molecule has 1 aromatic carbocycles. The average molecular weight is 188 g/mol. The van der Waals surface area contributed by atoms with E-state index in [1.54, 1.807) is 7.11 Å². The van der Waals surface area contributed by atoms with Crippen molar-refractivity contribution in [3.05, 3.63) is 41.3 Å². The third-order valence-electron chi connectivity index (χ3n) is 2.16. The number of methoxy groups -OCH3 is 1. The van der Waals surface area contributed by atoms with Crippen LogP contribution in [-0.2, 0) is 11.2 Å². The Balaban J connectivity index is 2.98. The van der Waals surface area contributed by atoms with Crippen molar-refractivity contribution in [1.29, 1.82) is 5.26 Å². The fourth-order valence-corrected chi connectivity index (χ4v) is 1.47. The standard InChI is InChI=1S/C12H14NO/c1-3-12-10(7-8-14-2)5-4-6-11(12)9-13/h4-7H,3,8H2,1-2H3. The minimum absolute atomic E-state index is 0.585. The zero-order chi connectivity index (χ0) is 10.4. The summed E-state index contributed by atoms with van der Waals surface area (Å²) >= 11 is 0. The molecule has 14 heavy (non-hydrogen) atoms. The van der Waals surface area contributed by atoms with Crippen molar-refractivity contribution in [1.82, 2.24) is 0 Å². The lowest BCUT2D eigenvalue weighted by Gasteiger charge is -2.08. The molecule has 0 aliphatic carbocycles. The van der Waals surface area contributed by atoms with E-state index in [1.165, 1.54) is 0 Å². The van der Waals surface area contributed by atoms with E-state index in [0.29, 0.717) is 6.61 Å². The van der Waals surface area contributed by atoms with Crippen molar-refractivity contribution in [2.45, 2.75) is 13.3 Å². The van der Waals surface area contributed by atoms with Crippen LogP contribution in [0.15, 0.2) is 18.2 Å². The maximum absolute atomic E-state index is 8.90. The van der Waals surface area contributed by atoms with Gasteiger partial charge in [0.05, 0.1) is 18.2 Å². The second-order valence-corrected chi connectivity index (χ2v) is 3.00. The second kappa shape index (κ2) is 5.41. The normalized spacial score (nSPS) is 9.79. The van der Waals surface area contributed by atoms with Gasteiger partial charge in [-0.05, 0) is 23.6 Å². The summed E-state index contributed by atoms with van der Waals surface area (Å²) in [6.07, 6.45) is 2.87. The molecule has 0 aliphatic heterocycles. The summed E-state index contributed by atoms with van der Waals surface area (Å²) in [5, 5.41) is 8.90. The van der Waals surface area contributed by atoms with E-state index in [-0.39, 0.29) is 0 Å². The smallest absolute Gasteiger partial charge is 0.0994 e. The molecule has 0 heterocycles. The number of benzene rings is 1.